The topological polar surface area (TPSA) is 135 Å². The van der Waals surface area contributed by atoms with Crippen LogP contribution in [-0.2, 0) is 9.59 Å². The number of fused-ring (bicyclic) bond motifs is 7. The lowest BCUT2D eigenvalue weighted by Gasteiger charge is -2.71. The Morgan fingerprint density at radius 2 is 1.54 bits per heavy atom. The minimum Gasteiger partial charge on any atom is -0.481 e. The fraction of sp³-hybridized carbons (Fsp3) is 0.867. The number of hydrogen-bond acceptors (Lipinski definition) is 5. The van der Waals surface area contributed by atoms with Crippen LogP contribution in [0.2, 0.25) is 0 Å². The Bertz CT molecular complexity index is 1050. The molecule has 0 saturated heterocycles. The first kappa shape index (κ1) is 27.1. The summed E-state index contributed by atoms with van der Waals surface area (Å²) in [5.41, 5.74) is -3.12. The number of rotatable bonds is 2. The van der Waals surface area contributed by atoms with Crippen LogP contribution in [-0.4, -0.2) is 55.3 Å². The fourth-order valence-electron chi connectivity index (χ4n) is 10.9. The Labute approximate surface area is 220 Å². The summed E-state index contributed by atoms with van der Waals surface area (Å²) in [7, 11) is 0. The third-order valence-electron chi connectivity index (χ3n) is 13.5. The summed E-state index contributed by atoms with van der Waals surface area (Å²) in [6, 6.07) is 0. The van der Waals surface area contributed by atoms with Crippen LogP contribution in [0.25, 0.3) is 0 Å². The van der Waals surface area contributed by atoms with E-state index in [2.05, 4.69) is 26.8 Å². The van der Waals surface area contributed by atoms with Crippen molar-refractivity contribution in [3.8, 4) is 0 Å². The summed E-state index contributed by atoms with van der Waals surface area (Å²) in [6.45, 7) is 12.1. The van der Waals surface area contributed by atoms with Gasteiger partial charge in [-0.3, -0.25) is 9.59 Å². The van der Waals surface area contributed by atoms with Gasteiger partial charge in [0, 0.05) is 0 Å². The summed E-state index contributed by atoms with van der Waals surface area (Å²) < 4.78 is 0. The SMILES string of the molecule is C[C@@H]1[C@H]2[C@H]3CC=C4[C@@]5(C)C[C@@H](O)[C@H](O)[C@](C)(C(=O)O)[C@@H]5CC[C@@]4(C)[C@]3(C)CC[C@@]2(C(=O)O)CC[C@]1(C)O. The van der Waals surface area contributed by atoms with Gasteiger partial charge in [0.1, 0.15) is 0 Å². The monoisotopic (exact) mass is 518 g/mol. The minimum atomic E-state index is -1.45. The van der Waals surface area contributed by atoms with E-state index in [9.17, 15) is 35.1 Å². The average Bonchev–Trinajstić information content (AvgIpc) is 2.80. The molecule has 0 aliphatic heterocycles. The van der Waals surface area contributed by atoms with Gasteiger partial charge < -0.3 is 25.5 Å². The second-order valence-corrected chi connectivity index (χ2v) is 14.7. The molecule has 0 aromatic carbocycles. The van der Waals surface area contributed by atoms with Crippen molar-refractivity contribution < 1.29 is 35.1 Å². The zero-order chi connectivity index (χ0) is 27.6. The van der Waals surface area contributed by atoms with Gasteiger partial charge in [0.25, 0.3) is 0 Å². The van der Waals surface area contributed by atoms with Gasteiger partial charge in [0.15, 0.2) is 0 Å². The Morgan fingerprint density at radius 3 is 2.14 bits per heavy atom. The molecule has 0 aromatic heterocycles. The van der Waals surface area contributed by atoms with E-state index in [1.807, 2.05) is 13.8 Å². The molecule has 4 fully saturated rings. The first-order valence-electron chi connectivity index (χ1n) is 14.2. The van der Waals surface area contributed by atoms with E-state index in [1.54, 1.807) is 6.92 Å². The van der Waals surface area contributed by atoms with Gasteiger partial charge in [-0.25, -0.2) is 0 Å². The number of hydrogen-bond donors (Lipinski definition) is 5. The fourth-order valence-corrected chi connectivity index (χ4v) is 10.9. The first-order valence-corrected chi connectivity index (χ1v) is 14.2. The van der Waals surface area contributed by atoms with Crippen molar-refractivity contribution in [1.82, 2.24) is 0 Å². The van der Waals surface area contributed by atoms with E-state index >= 15 is 0 Å². The number of carboxylic acids is 2. The lowest BCUT2D eigenvalue weighted by atomic mass is 9.33. The van der Waals surface area contributed by atoms with Gasteiger partial charge in [-0.05, 0) is 105 Å². The third kappa shape index (κ3) is 3.05. The number of aliphatic carboxylic acids is 2. The van der Waals surface area contributed by atoms with Crippen molar-refractivity contribution in [2.24, 2.45) is 50.7 Å². The largest absolute Gasteiger partial charge is 0.481 e. The molecule has 208 valence electrons. The maximum atomic E-state index is 12.8. The molecule has 5 aliphatic carbocycles. The summed E-state index contributed by atoms with van der Waals surface area (Å²) in [6.07, 6.45) is 4.52. The van der Waals surface area contributed by atoms with Crippen molar-refractivity contribution in [1.29, 1.82) is 0 Å². The van der Waals surface area contributed by atoms with Gasteiger partial charge in [0.2, 0.25) is 0 Å². The highest BCUT2D eigenvalue weighted by atomic mass is 16.4. The Balaban J connectivity index is 1.64. The molecule has 5 aliphatic rings. The summed E-state index contributed by atoms with van der Waals surface area (Å²) in [4.78, 5) is 25.4. The van der Waals surface area contributed by atoms with Crippen LogP contribution in [0.1, 0.15) is 92.9 Å². The molecule has 0 radical (unpaired) electrons. The number of aliphatic hydroxyl groups excluding tert-OH is 2. The van der Waals surface area contributed by atoms with Gasteiger partial charge in [-0.1, -0.05) is 39.3 Å². The molecular weight excluding hydrogens is 472 g/mol. The van der Waals surface area contributed by atoms with Crippen LogP contribution in [0, 0.1) is 50.7 Å². The standard InChI is InChI=1S/C30H46O7/c1-16-21-17-7-8-19-25(2)15-18(31)22(32)29(6,23(33)34)20(25)9-10-27(19,4)26(17,3)11-13-30(21,24(35)36)14-12-28(16,5)37/h8,16-18,20-22,31-32,37H,7,9-15H2,1-6H3,(H,33,34)(H,35,36)/t16-,17-,18-,20-,21+,22+,25-,26-,27-,28+,29-,30-/m1/s1. The number of allylic oxidation sites excluding steroid dienone is 2. The summed E-state index contributed by atoms with van der Waals surface area (Å²) in [5, 5.41) is 53.9. The average molecular weight is 519 g/mol. The second-order valence-electron chi connectivity index (χ2n) is 14.7. The van der Waals surface area contributed by atoms with Crippen LogP contribution >= 0.6 is 0 Å². The molecule has 7 nitrogen and oxygen atoms in total. The van der Waals surface area contributed by atoms with Crippen LogP contribution in [0.4, 0.5) is 0 Å². The zero-order valence-corrected chi connectivity index (χ0v) is 23.3. The first-order chi connectivity index (χ1) is 16.9. The van der Waals surface area contributed by atoms with E-state index in [4.69, 9.17) is 0 Å². The molecule has 0 amide bonds. The van der Waals surface area contributed by atoms with Crippen LogP contribution in [0.15, 0.2) is 11.6 Å². The minimum absolute atomic E-state index is 0.0815. The molecule has 12 atom stereocenters. The summed E-state index contributed by atoms with van der Waals surface area (Å²) >= 11 is 0. The molecule has 5 rings (SSSR count). The van der Waals surface area contributed by atoms with Gasteiger partial charge in [-0.2, -0.15) is 0 Å². The molecule has 0 heterocycles. The third-order valence-corrected chi connectivity index (χ3v) is 13.5. The highest BCUT2D eigenvalue weighted by Crippen LogP contribution is 2.75. The second kappa shape index (κ2) is 7.82. The van der Waals surface area contributed by atoms with E-state index in [0.29, 0.717) is 38.5 Å². The molecule has 0 aromatic rings. The van der Waals surface area contributed by atoms with Crippen molar-refractivity contribution >= 4 is 11.9 Å². The van der Waals surface area contributed by atoms with Crippen molar-refractivity contribution in [2.75, 3.05) is 0 Å². The highest BCUT2D eigenvalue weighted by molar-refractivity contribution is 5.77. The maximum absolute atomic E-state index is 12.8. The van der Waals surface area contributed by atoms with Crippen molar-refractivity contribution in [3.63, 3.8) is 0 Å². The lowest BCUT2D eigenvalue weighted by molar-refractivity contribution is -0.223. The molecular formula is C30H46O7. The quantitative estimate of drug-likeness (QED) is 0.345. The van der Waals surface area contributed by atoms with Gasteiger partial charge >= 0.3 is 11.9 Å². The summed E-state index contributed by atoms with van der Waals surface area (Å²) in [5.74, 6) is -2.35. The lowest BCUT2D eigenvalue weighted by Crippen LogP contribution is -2.68. The molecule has 0 bridgehead atoms. The van der Waals surface area contributed by atoms with E-state index in [-0.39, 0.29) is 34.5 Å². The predicted molar refractivity (Wildman–Crippen MR) is 137 cm³/mol. The molecule has 5 N–H and O–H groups in total. The zero-order valence-electron chi connectivity index (χ0n) is 23.3. The van der Waals surface area contributed by atoms with E-state index in [1.165, 1.54) is 5.57 Å². The van der Waals surface area contributed by atoms with Crippen molar-refractivity contribution in [2.45, 2.75) is 111 Å². The number of aliphatic hydroxyl groups is 3. The smallest absolute Gasteiger partial charge is 0.312 e. The Hall–Kier alpha value is -1.44. The van der Waals surface area contributed by atoms with Crippen LogP contribution in [0.5, 0.6) is 0 Å². The highest BCUT2D eigenvalue weighted by Gasteiger charge is 2.72. The van der Waals surface area contributed by atoms with Crippen molar-refractivity contribution in [3.05, 3.63) is 11.6 Å². The maximum Gasteiger partial charge on any atom is 0.312 e. The molecule has 0 unspecified atom stereocenters. The van der Waals surface area contributed by atoms with E-state index < -0.39 is 46.0 Å². The van der Waals surface area contributed by atoms with Gasteiger partial charge in [-0.15, -0.1) is 0 Å². The Kier molecular flexibility index (Phi) is 5.73. The molecule has 7 heteroatoms. The van der Waals surface area contributed by atoms with E-state index in [0.717, 1.165) is 12.8 Å². The normalized spacial score (nSPS) is 57.2. The molecule has 0 spiro atoms. The Morgan fingerprint density at radius 1 is 0.919 bits per heavy atom. The molecule has 37 heavy (non-hydrogen) atoms. The number of carbonyl (C=O) groups is 2. The van der Waals surface area contributed by atoms with Crippen LogP contribution in [0.3, 0.4) is 0 Å². The number of carboxylic acid groups (broad SMARTS) is 2. The van der Waals surface area contributed by atoms with Gasteiger partial charge in [0.05, 0.1) is 28.6 Å². The van der Waals surface area contributed by atoms with Crippen LogP contribution < -0.4 is 0 Å². The predicted octanol–water partition coefficient (Wildman–Crippen LogP) is 4.24. The molecule has 4 saturated carbocycles.